The first-order valence-corrected chi connectivity index (χ1v) is 13.5. The molecular formula is H6Al2CaO22P6. The number of hydrogen-bond donors (Lipinski definition) is 6. The van der Waals surface area contributed by atoms with E-state index in [1.165, 1.54) is 0 Å². The van der Waals surface area contributed by atoms with Gasteiger partial charge >= 0.3 is 88.1 Å². The summed E-state index contributed by atoms with van der Waals surface area (Å²) in [7, 11) is -32.6. The fraction of sp³-hybridized carbons (Fsp3) is 0. The molecule has 31 heavy (non-hydrogen) atoms. The van der Waals surface area contributed by atoms with Gasteiger partial charge in [0.05, 0.1) is 15.6 Å². The van der Waals surface area contributed by atoms with Gasteiger partial charge in [0.2, 0.25) is 0 Å². The minimum Gasteiger partial charge on any atom is -0.822 e. The van der Waals surface area contributed by atoms with Crippen LogP contribution in [-0.4, -0.2) is 102 Å². The van der Waals surface area contributed by atoms with Gasteiger partial charge in [-0.2, -0.15) is 7.82 Å². The van der Waals surface area contributed by atoms with Crippen LogP contribution < -0.4 is 39.1 Å². The molecule has 0 bridgehead atoms. The standard InChI is InChI=1S/2Al.Ca.H5O10P3.3H3O4P/c;;;1-11(2,3)9-13(7,8)10-12(4,5)6;3*1-5(2,3)4/h;;;(H,7,8)(H2,1,2,3)(H2,4,5,6);3*(H3,1,2,3,4)/q2*+3;+2;;;;/p-8. The Morgan fingerprint density at radius 1 is 0.484 bits per heavy atom. The van der Waals surface area contributed by atoms with Crippen molar-refractivity contribution in [2.45, 2.75) is 0 Å². The van der Waals surface area contributed by atoms with E-state index in [0.717, 1.165) is 0 Å². The average molecular weight is 638 g/mol. The molecule has 22 nitrogen and oxygen atoms in total. The zero-order valence-electron chi connectivity index (χ0n) is 13.8. The maximum absolute atomic E-state index is 10.1. The van der Waals surface area contributed by atoms with Crippen molar-refractivity contribution in [3.05, 3.63) is 0 Å². The molecule has 0 rings (SSSR count). The fourth-order valence-electron chi connectivity index (χ4n) is 0.260. The molecular weight excluding hydrogens is 632 g/mol. The summed E-state index contributed by atoms with van der Waals surface area (Å²) in [6.07, 6.45) is 0. The molecule has 0 atom stereocenters. The van der Waals surface area contributed by atoms with Gasteiger partial charge in [0.25, 0.3) is 7.82 Å². The van der Waals surface area contributed by atoms with E-state index in [9.17, 15) is 38.2 Å². The van der Waals surface area contributed by atoms with Crippen molar-refractivity contribution in [1.82, 2.24) is 0 Å². The van der Waals surface area contributed by atoms with Gasteiger partial charge in [-0.25, -0.2) is 9.13 Å². The predicted octanol–water partition coefficient (Wildman–Crippen LogP) is -9.68. The van der Waals surface area contributed by atoms with E-state index in [2.05, 4.69) is 8.62 Å². The summed E-state index contributed by atoms with van der Waals surface area (Å²) >= 11 is 0. The van der Waals surface area contributed by atoms with E-state index in [1.54, 1.807) is 0 Å². The SMILES string of the molecule is O=P(O)(O)O.O=P(O)(O)O.O=P([O-])([O-])OP(=O)([O-])OP(=O)([O-])[O-].O=P([O-])([O-])[O-].[Al+3].[Al+3].[Ca+2]. The first kappa shape index (κ1) is 50.8. The molecule has 176 valence electrons. The third-order valence-electron chi connectivity index (χ3n) is 0.400. The molecule has 0 saturated carbocycles. The molecule has 0 aromatic heterocycles. The van der Waals surface area contributed by atoms with Gasteiger partial charge in [-0.1, -0.05) is 0 Å². The topological polar surface area (TPSA) is 427 Å². The van der Waals surface area contributed by atoms with Crippen LogP contribution in [0.15, 0.2) is 0 Å². The molecule has 31 heteroatoms. The van der Waals surface area contributed by atoms with Crippen LogP contribution in [-0.2, 0) is 36.0 Å². The Hall–Kier alpha value is 3.06. The Morgan fingerprint density at radius 3 is 0.645 bits per heavy atom. The molecule has 0 spiro atoms. The summed E-state index contributed by atoms with van der Waals surface area (Å²) < 4.78 is 61.0. The molecule has 0 radical (unpaired) electrons. The second kappa shape index (κ2) is 20.2. The first-order chi connectivity index (χ1) is 11.4. The summed E-state index contributed by atoms with van der Waals surface area (Å²) in [6, 6.07) is 0. The smallest absolute Gasteiger partial charge is 0.822 e. The molecule has 0 aromatic rings. The van der Waals surface area contributed by atoms with Crippen molar-refractivity contribution in [2.24, 2.45) is 0 Å². The minimum atomic E-state index is -5.97. The van der Waals surface area contributed by atoms with Gasteiger partial charge in [-0.05, 0) is 0 Å². The van der Waals surface area contributed by atoms with E-state index in [0.29, 0.717) is 0 Å². The average Bonchev–Trinajstić information content (AvgIpc) is 1.95. The zero-order chi connectivity index (χ0) is 24.4. The van der Waals surface area contributed by atoms with Gasteiger partial charge in [-0.15, -0.1) is 0 Å². The van der Waals surface area contributed by atoms with Crippen LogP contribution in [0.1, 0.15) is 0 Å². The molecule has 6 N–H and O–H groups in total. The van der Waals surface area contributed by atoms with Crippen molar-refractivity contribution >= 4 is 119 Å². The molecule has 0 aliphatic carbocycles. The van der Waals surface area contributed by atoms with E-state index in [1.807, 2.05) is 0 Å². The molecule has 0 aromatic carbocycles. The second-order valence-corrected chi connectivity index (χ2v) is 9.92. The first-order valence-electron chi connectivity index (χ1n) is 4.49. The van der Waals surface area contributed by atoms with E-state index < -0.39 is 46.9 Å². The predicted molar refractivity (Wildman–Crippen MR) is 78.4 cm³/mol. The zero-order valence-corrected chi connectivity index (χ0v) is 23.6. The second-order valence-electron chi connectivity index (χ2n) is 2.98. The molecule has 0 aliphatic heterocycles. The normalized spacial score (nSPS) is 11.8. The van der Waals surface area contributed by atoms with Crippen molar-refractivity contribution in [3.8, 4) is 0 Å². The minimum absolute atomic E-state index is 0. The summed E-state index contributed by atoms with van der Waals surface area (Å²) in [5, 5.41) is 0. The quantitative estimate of drug-likeness (QED) is 0.123. The molecule has 0 unspecified atom stereocenters. The Morgan fingerprint density at radius 2 is 0.581 bits per heavy atom. The van der Waals surface area contributed by atoms with Crippen molar-refractivity contribution in [2.75, 3.05) is 0 Å². The summed E-state index contributed by atoms with van der Waals surface area (Å²) in [6.45, 7) is 0. The van der Waals surface area contributed by atoms with Crippen LogP contribution in [0.3, 0.4) is 0 Å². The van der Waals surface area contributed by atoms with Crippen LogP contribution in [0.2, 0.25) is 0 Å². The van der Waals surface area contributed by atoms with Crippen LogP contribution in [0.5, 0.6) is 0 Å². The summed E-state index contributed by atoms with van der Waals surface area (Å²) in [5.41, 5.74) is 0. The number of phosphoric acid groups is 6. The van der Waals surface area contributed by atoms with Gasteiger partial charge in [0, 0.05) is 0 Å². The maximum Gasteiger partial charge on any atom is 3.00 e. The molecule has 0 aliphatic rings. The van der Waals surface area contributed by atoms with E-state index in [4.69, 9.17) is 57.7 Å². The van der Waals surface area contributed by atoms with Crippen molar-refractivity contribution < 1.29 is 105 Å². The van der Waals surface area contributed by atoms with Gasteiger partial charge in [0.1, 0.15) is 0 Å². The monoisotopic (exact) mass is 638 g/mol. The summed E-state index contributed by atoms with van der Waals surface area (Å²) in [4.78, 5) is 117. The maximum atomic E-state index is 10.1. The van der Waals surface area contributed by atoms with Crippen molar-refractivity contribution in [3.63, 3.8) is 0 Å². The van der Waals surface area contributed by atoms with Crippen molar-refractivity contribution in [1.29, 1.82) is 0 Å². The molecule has 0 saturated heterocycles. The Bertz CT molecular complexity index is 610. The third-order valence-corrected chi connectivity index (χ3v) is 3.60. The Balaban J connectivity index is -0.0000000542. The largest absolute Gasteiger partial charge is 3.00 e. The molecule has 0 fully saturated rings. The van der Waals surface area contributed by atoms with Crippen LogP contribution in [0.25, 0.3) is 0 Å². The third kappa shape index (κ3) is 141. The fourth-order valence-corrected chi connectivity index (χ4v) is 2.61. The van der Waals surface area contributed by atoms with Crippen LogP contribution in [0, 0.1) is 0 Å². The van der Waals surface area contributed by atoms with E-state index >= 15 is 0 Å². The van der Waals surface area contributed by atoms with Crippen LogP contribution >= 0.6 is 46.9 Å². The van der Waals surface area contributed by atoms with Gasteiger partial charge < -0.3 is 82.2 Å². The Labute approximate surface area is 222 Å². The number of hydrogen-bond acceptors (Lipinski definition) is 16. The van der Waals surface area contributed by atoms with Crippen LogP contribution in [0.4, 0.5) is 0 Å². The molecule has 0 amide bonds. The summed E-state index contributed by atoms with van der Waals surface area (Å²) in [5.74, 6) is 0. The van der Waals surface area contributed by atoms with Gasteiger partial charge in [-0.3, -0.25) is 13.2 Å². The van der Waals surface area contributed by atoms with Gasteiger partial charge in [0.15, 0.2) is 0 Å². The van der Waals surface area contributed by atoms with E-state index in [-0.39, 0.29) is 72.5 Å². The molecule has 0 heterocycles. The Kier molecular flexibility index (Phi) is 33.1. The number of rotatable bonds is 4.